The normalized spacial score (nSPS) is 12.1. The molecule has 0 saturated heterocycles. The Morgan fingerprint density at radius 2 is 2.06 bits per heavy atom. The fourth-order valence-electron chi connectivity index (χ4n) is 1.49. The summed E-state index contributed by atoms with van der Waals surface area (Å²) in [5, 5.41) is 8.88. The lowest BCUT2D eigenvalue weighted by Crippen LogP contribution is -2.17. The van der Waals surface area contributed by atoms with Crippen LogP contribution in [0.3, 0.4) is 0 Å². The molecule has 0 amide bonds. The molecule has 1 rings (SSSR count). The van der Waals surface area contributed by atoms with Gasteiger partial charge >= 0.3 is 5.97 Å². The summed E-state index contributed by atoms with van der Waals surface area (Å²) in [6.07, 6.45) is 0.407. The molecule has 1 unspecified atom stereocenters. The summed E-state index contributed by atoms with van der Waals surface area (Å²) in [4.78, 5) is 10.8. The molecule has 3 nitrogen and oxygen atoms in total. The van der Waals surface area contributed by atoms with Gasteiger partial charge < -0.3 is 9.84 Å². The van der Waals surface area contributed by atoms with E-state index in [1.54, 1.807) is 31.4 Å². The van der Waals surface area contributed by atoms with Crippen molar-refractivity contribution in [2.45, 2.75) is 12.8 Å². The van der Waals surface area contributed by atoms with E-state index < -0.39 is 18.6 Å². The van der Waals surface area contributed by atoms with Crippen LogP contribution >= 0.6 is 0 Å². The van der Waals surface area contributed by atoms with Crippen LogP contribution in [0.25, 0.3) is 0 Å². The van der Waals surface area contributed by atoms with E-state index in [0.29, 0.717) is 6.42 Å². The summed E-state index contributed by atoms with van der Waals surface area (Å²) < 4.78 is 17.1. The Morgan fingerprint density at radius 1 is 1.44 bits per heavy atom. The molecule has 0 saturated carbocycles. The minimum Gasteiger partial charge on any atom is -0.497 e. The third-order valence-corrected chi connectivity index (χ3v) is 2.45. The van der Waals surface area contributed by atoms with Crippen LogP contribution in [0, 0.1) is 5.92 Å². The second-order valence-corrected chi connectivity index (χ2v) is 3.57. The van der Waals surface area contributed by atoms with Crippen LogP contribution in [0.5, 0.6) is 5.75 Å². The minimum atomic E-state index is -0.950. The van der Waals surface area contributed by atoms with Crippen molar-refractivity contribution < 1.29 is 19.0 Å². The van der Waals surface area contributed by atoms with E-state index in [1.165, 1.54) is 0 Å². The van der Waals surface area contributed by atoms with E-state index in [4.69, 9.17) is 9.84 Å². The number of hydrogen-bond donors (Lipinski definition) is 1. The smallest absolute Gasteiger partial charge is 0.306 e. The van der Waals surface area contributed by atoms with E-state index in [0.717, 1.165) is 11.3 Å². The van der Waals surface area contributed by atoms with Crippen molar-refractivity contribution in [2.75, 3.05) is 13.8 Å². The van der Waals surface area contributed by atoms with Crippen LogP contribution in [-0.4, -0.2) is 24.9 Å². The van der Waals surface area contributed by atoms with Gasteiger partial charge in [-0.25, -0.2) is 0 Å². The van der Waals surface area contributed by atoms with Gasteiger partial charge in [0.25, 0.3) is 0 Å². The summed E-state index contributed by atoms with van der Waals surface area (Å²) >= 11 is 0. The Bertz CT molecular complexity index is 335. The average molecular weight is 226 g/mol. The molecule has 1 aromatic rings. The van der Waals surface area contributed by atoms with E-state index in [9.17, 15) is 9.18 Å². The summed E-state index contributed by atoms with van der Waals surface area (Å²) in [6.45, 7) is -0.604. The molecular weight excluding hydrogens is 211 g/mol. The molecule has 16 heavy (non-hydrogen) atoms. The van der Waals surface area contributed by atoms with E-state index in [1.807, 2.05) is 0 Å². The lowest BCUT2D eigenvalue weighted by molar-refractivity contribution is -0.142. The zero-order valence-corrected chi connectivity index (χ0v) is 9.15. The monoisotopic (exact) mass is 226 g/mol. The minimum absolute atomic E-state index is 0.0569. The standard InChI is InChI=1S/C12H15FO3/c1-16-11-4-2-9(3-5-11)8-10(6-7-13)12(14)15/h2-5,10H,6-8H2,1H3,(H,14,15). The Balaban J connectivity index is 2.65. The Hall–Kier alpha value is -1.58. The molecule has 1 aromatic carbocycles. The van der Waals surface area contributed by atoms with Crippen LogP contribution in [0.1, 0.15) is 12.0 Å². The molecule has 0 aliphatic rings. The van der Waals surface area contributed by atoms with Gasteiger partial charge in [0.1, 0.15) is 5.75 Å². The lowest BCUT2D eigenvalue weighted by Gasteiger charge is -2.10. The zero-order chi connectivity index (χ0) is 12.0. The predicted molar refractivity (Wildman–Crippen MR) is 58.4 cm³/mol. The highest BCUT2D eigenvalue weighted by atomic mass is 19.1. The highest BCUT2D eigenvalue weighted by Gasteiger charge is 2.17. The molecule has 0 radical (unpaired) electrons. The van der Waals surface area contributed by atoms with Crippen molar-refractivity contribution in [3.63, 3.8) is 0 Å². The van der Waals surface area contributed by atoms with Gasteiger partial charge in [-0.2, -0.15) is 0 Å². The molecule has 88 valence electrons. The quantitative estimate of drug-likeness (QED) is 0.809. The number of carboxylic acid groups (broad SMARTS) is 1. The van der Waals surface area contributed by atoms with Gasteiger partial charge in [0.2, 0.25) is 0 Å². The number of carbonyl (C=O) groups is 1. The maximum Gasteiger partial charge on any atom is 0.306 e. The largest absolute Gasteiger partial charge is 0.497 e. The third-order valence-electron chi connectivity index (χ3n) is 2.45. The van der Waals surface area contributed by atoms with Gasteiger partial charge in [-0.05, 0) is 30.5 Å². The van der Waals surface area contributed by atoms with Crippen LogP contribution in [0.4, 0.5) is 4.39 Å². The van der Waals surface area contributed by atoms with Crippen molar-refractivity contribution >= 4 is 5.97 Å². The maximum atomic E-state index is 12.1. The molecule has 0 aromatic heterocycles. The molecule has 0 bridgehead atoms. The highest BCUT2D eigenvalue weighted by Crippen LogP contribution is 2.16. The van der Waals surface area contributed by atoms with E-state index in [2.05, 4.69) is 0 Å². The number of rotatable bonds is 6. The number of benzene rings is 1. The first-order valence-corrected chi connectivity index (χ1v) is 5.09. The molecule has 0 spiro atoms. The first-order chi connectivity index (χ1) is 7.67. The maximum absolute atomic E-state index is 12.1. The molecule has 1 atom stereocenters. The van der Waals surface area contributed by atoms with Crippen LogP contribution in [-0.2, 0) is 11.2 Å². The van der Waals surface area contributed by atoms with Crippen molar-refractivity contribution in [1.29, 1.82) is 0 Å². The fourth-order valence-corrected chi connectivity index (χ4v) is 1.49. The van der Waals surface area contributed by atoms with E-state index in [-0.39, 0.29) is 6.42 Å². The SMILES string of the molecule is COc1ccc(CC(CCF)C(=O)O)cc1. The average Bonchev–Trinajstić information content (AvgIpc) is 2.29. The lowest BCUT2D eigenvalue weighted by atomic mass is 9.97. The van der Waals surface area contributed by atoms with Crippen molar-refractivity contribution in [3.05, 3.63) is 29.8 Å². The predicted octanol–water partition coefficient (Wildman–Crippen LogP) is 2.30. The molecule has 0 fully saturated rings. The van der Waals surface area contributed by atoms with Crippen LogP contribution < -0.4 is 4.74 Å². The summed E-state index contributed by atoms with van der Waals surface area (Å²) in [7, 11) is 1.57. The second kappa shape index (κ2) is 6.10. The van der Waals surface area contributed by atoms with Gasteiger partial charge in [0.15, 0.2) is 0 Å². The first-order valence-electron chi connectivity index (χ1n) is 5.09. The van der Waals surface area contributed by atoms with E-state index >= 15 is 0 Å². The molecular formula is C12H15FO3. The molecule has 0 heterocycles. The van der Waals surface area contributed by atoms with Gasteiger partial charge in [-0.1, -0.05) is 12.1 Å². The number of ether oxygens (including phenoxy) is 1. The Kier molecular flexibility index (Phi) is 4.76. The fraction of sp³-hybridized carbons (Fsp3) is 0.417. The molecule has 4 heteroatoms. The van der Waals surface area contributed by atoms with Crippen molar-refractivity contribution in [3.8, 4) is 5.75 Å². The summed E-state index contributed by atoms with van der Waals surface area (Å²) in [6, 6.07) is 7.13. The molecule has 1 N–H and O–H groups in total. The third kappa shape index (κ3) is 3.53. The number of alkyl halides is 1. The summed E-state index contributed by atoms with van der Waals surface area (Å²) in [5.74, 6) is -0.882. The number of halogens is 1. The van der Waals surface area contributed by atoms with Crippen molar-refractivity contribution in [2.24, 2.45) is 5.92 Å². The summed E-state index contributed by atoms with van der Waals surface area (Å²) in [5.41, 5.74) is 0.877. The number of aliphatic carboxylic acids is 1. The zero-order valence-electron chi connectivity index (χ0n) is 9.15. The van der Waals surface area contributed by atoms with Crippen LogP contribution in [0.15, 0.2) is 24.3 Å². The van der Waals surface area contributed by atoms with Crippen LogP contribution in [0.2, 0.25) is 0 Å². The number of carboxylic acids is 1. The Labute approximate surface area is 93.9 Å². The Morgan fingerprint density at radius 3 is 2.50 bits per heavy atom. The molecule has 0 aliphatic carbocycles. The topological polar surface area (TPSA) is 46.5 Å². The number of hydrogen-bond acceptors (Lipinski definition) is 2. The van der Waals surface area contributed by atoms with Gasteiger partial charge in [-0.3, -0.25) is 9.18 Å². The van der Waals surface area contributed by atoms with Crippen molar-refractivity contribution in [1.82, 2.24) is 0 Å². The highest BCUT2D eigenvalue weighted by molar-refractivity contribution is 5.70. The number of methoxy groups -OCH3 is 1. The van der Waals surface area contributed by atoms with Gasteiger partial charge in [-0.15, -0.1) is 0 Å². The molecule has 0 aliphatic heterocycles. The van der Waals surface area contributed by atoms with Gasteiger partial charge in [0.05, 0.1) is 19.7 Å². The second-order valence-electron chi connectivity index (χ2n) is 3.57. The first kappa shape index (κ1) is 12.5. The van der Waals surface area contributed by atoms with Gasteiger partial charge in [0, 0.05) is 0 Å².